The monoisotopic (exact) mass is 306 g/mol. The van der Waals surface area contributed by atoms with Gasteiger partial charge < -0.3 is 15.0 Å². The lowest BCUT2D eigenvalue weighted by molar-refractivity contribution is -0.149. The zero-order valence-electron chi connectivity index (χ0n) is 12.7. The van der Waals surface area contributed by atoms with Crippen LogP contribution in [0, 0.1) is 11.8 Å². The number of nitrogens with one attached hydrogen (secondary N) is 1. The second-order valence-electron chi connectivity index (χ2n) is 5.54. The average molecular weight is 307 g/mol. The molecule has 5 nitrogen and oxygen atoms in total. The van der Waals surface area contributed by atoms with Crippen molar-refractivity contribution in [3.63, 3.8) is 0 Å². The minimum atomic E-state index is -0.318. The van der Waals surface area contributed by atoms with Crippen LogP contribution in [0.2, 0.25) is 0 Å². The third-order valence-corrected chi connectivity index (χ3v) is 3.19. The summed E-state index contributed by atoms with van der Waals surface area (Å²) in [5.74, 6) is 0.501. The molecule has 1 aliphatic rings. The first-order chi connectivity index (χ1) is 9.02. The van der Waals surface area contributed by atoms with E-state index in [9.17, 15) is 9.59 Å². The van der Waals surface area contributed by atoms with E-state index in [2.05, 4.69) is 5.32 Å². The fraction of sp³-hybridized carbons (Fsp3) is 0.857. The Labute approximate surface area is 127 Å². The van der Waals surface area contributed by atoms with Gasteiger partial charge in [-0.05, 0) is 38.3 Å². The van der Waals surface area contributed by atoms with E-state index >= 15 is 0 Å². The normalized spacial score (nSPS) is 17.7. The lowest BCUT2D eigenvalue weighted by Gasteiger charge is -2.24. The van der Waals surface area contributed by atoms with Crippen LogP contribution >= 0.6 is 12.4 Å². The van der Waals surface area contributed by atoms with Gasteiger partial charge in [-0.1, -0.05) is 13.8 Å². The summed E-state index contributed by atoms with van der Waals surface area (Å²) >= 11 is 0. The van der Waals surface area contributed by atoms with Crippen molar-refractivity contribution < 1.29 is 14.3 Å². The van der Waals surface area contributed by atoms with Gasteiger partial charge >= 0.3 is 5.97 Å². The molecule has 6 heteroatoms. The predicted octanol–water partition coefficient (Wildman–Crippen LogP) is 1.46. The SMILES string of the molecule is CCOC(=O)CN(CC(C)C)C(=O)CC1CCNC1.Cl. The summed E-state index contributed by atoms with van der Waals surface area (Å²) in [6.07, 6.45) is 1.57. The minimum Gasteiger partial charge on any atom is -0.465 e. The van der Waals surface area contributed by atoms with Crippen LogP contribution in [-0.4, -0.2) is 49.6 Å². The standard InChI is InChI=1S/C14H26N2O3.ClH/c1-4-19-14(18)10-16(9-11(2)3)13(17)7-12-5-6-15-8-12;/h11-12,15H,4-10H2,1-3H3;1H. The average Bonchev–Trinajstić information content (AvgIpc) is 2.80. The smallest absolute Gasteiger partial charge is 0.325 e. The van der Waals surface area contributed by atoms with E-state index in [1.54, 1.807) is 11.8 Å². The molecule has 118 valence electrons. The zero-order valence-corrected chi connectivity index (χ0v) is 13.5. The molecule has 0 saturated carbocycles. The van der Waals surface area contributed by atoms with E-state index in [-0.39, 0.29) is 30.8 Å². The van der Waals surface area contributed by atoms with E-state index in [0.29, 0.717) is 31.4 Å². The molecule has 1 fully saturated rings. The van der Waals surface area contributed by atoms with E-state index in [1.165, 1.54) is 0 Å². The molecule has 0 spiro atoms. The summed E-state index contributed by atoms with van der Waals surface area (Å²) < 4.78 is 4.93. The highest BCUT2D eigenvalue weighted by Gasteiger charge is 2.24. The summed E-state index contributed by atoms with van der Waals surface area (Å²) in [6.45, 7) is 8.79. The molecule has 1 rings (SSSR count). The van der Waals surface area contributed by atoms with Crippen molar-refractivity contribution in [2.75, 3.05) is 32.8 Å². The van der Waals surface area contributed by atoms with Crippen LogP contribution in [0.1, 0.15) is 33.6 Å². The molecule has 0 bridgehead atoms. The van der Waals surface area contributed by atoms with Crippen molar-refractivity contribution >= 4 is 24.3 Å². The van der Waals surface area contributed by atoms with E-state index in [0.717, 1.165) is 19.5 Å². The first kappa shape index (κ1) is 19.2. The maximum Gasteiger partial charge on any atom is 0.325 e. The lowest BCUT2D eigenvalue weighted by atomic mass is 10.0. The van der Waals surface area contributed by atoms with Crippen molar-refractivity contribution in [1.82, 2.24) is 10.2 Å². The Morgan fingerprint density at radius 3 is 2.60 bits per heavy atom. The molecule has 20 heavy (non-hydrogen) atoms. The quantitative estimate of drug-likeness (QED) is 0.723. The van der Waals surface area contributed by atoms with Crippen molar-refractivity contribution in [1.29, 1.82) is 0 Å². The predicted molar refractivity (Wildman–Crippen MR) is 80.9 cm³/mol. The van der Waals surface area contributed by atoms with Gasteiger partial charge in [0.2, 0.25) is 5.91 Å². The van der Waals surface area contributed by atoms with Crippen LogP contribution in [-0.2, 0) is 14.3 Å². The topological polar surface area (TPSA) is 58.6 Å². The van der Waals surface area contributed by atoms with Gasteiger partial charge in [-0.15, -0.1) is 12.4 Å². The second kappa shape index (κ2) is 10.00. The number of amides is 1. The molecule has 1 atom stereocenters. The Kier molecular flexibility index (Phi) is 9.59. The molecule has 0 aromatic heterocycles. The number of nitrogens with zero attached hydrogens (tertiary/aromatic N) is 1. The molecule has 1 heterocycles. The van der Waals surface area contributed by atoms with Crippen LogP contribution in [0.3, 0.4) is 0 Å². The van der Waals surface area contributed by atoms with Crippen molar-refractivity contribution in [3.05, 3.63) is 0 Å². The molecule has 0 radical (unpaired) electrons. The Morgan fingerprint density at radius 1 is 1.40 bits per heavy atom. The van der Waals surface area contributed by atoms with E-state index < -0.39 is 0 Å². The Bertz CT molecular complexity index is 305. The number of rotatable bonds is 7. The van der Waals surface area contributed by atoms with Gasteiger partial charge in [0.15, 0.2) is 0 Å². The Morgan fingerprint density at radius 2 is 2.10 bits per heavy atom. The van der Waals surface area contributed by atoms with Crippen LogP contribution < -0.4 is 5.32 Å². The Hall–Kier alpha value is -0.810. The first-order valence-corrected chi connectivity index (χ1v) is 7.17. The van der Waals surface area contributed by atoms with Crippen LogP contribution in [0.15, 0.2) is 0 Å². The van der Waals surface area contributed by atoms with Crippen LogP contribution in [0.5, 0.6) is 0 Å². The zero-order chi connectivity index (χ0) is 14.3. The highest BCUT2D eigenvalue weighted by Crippen LogP contribution is 2.14. The molecular weight excluding hydrogens is 280 g/mol. The summed E-state index contributed by atoms with van der Waals surface area (Å²) in [5, 5.41) is 3.26. The number of carbonyl (C=O) groups is 2. The molecule has 1 amide bonds. The van der Waals surface area contributed by atoms with Gasteiger partial charge in [0.25, 0.3) is 0 Å². The largest absolute Gasteiger partial charge is 0.465 e. The summed E-state index contributed by atoms with van der Waals surface area (Å²) in [6, 6.07) is 0. The van der Waals surface area contributed by atoms with Gasteiger partial charge in [-0.25, -0.2) is 0 Å². The summed E-state index contributed by atoms with van der Waals surface area (Å²) in [5.41, 5.74) is 0. The third-order valence-electron chi connectivity index (χ3n) is 3.19. The highest BCUT2D eigenvalue weighted by atomic mass is 35.5. The summed E-state index contributed by atoms with van der Waals surface area (Å²) in [4.78, 5) is 25.5. The lowest BCUT2D eigenvalue weighted by Crippen LogP contribution is -2.39. The van der Waals surface area contributed by atoms with Gasteiger partial charge in [-0.3, -0.25) is 9.59 Å². The molecule has 0 aromatic carbocycles. The molecule has 0 aromatic rings. The van der Waals surface area contributed by atoms with Crippen LogP contribution in [0.4, 0.5) is 0 Å². The number of hydrogen-bond donors (Lipinski definition) is 1. The minimum absolute atomic E-state index is 0. The van der Waals surface area contributed by atoms with E-state index in [1.807, 2.05) is 13.8 Å². The Balaban J connectivity index is 0.00000361. The third kappa shape index (κ3) is 7.10. The number of ether oxygens (including phenoxy) is 1. The van der Waals surface area contributed by atoms with Crippen LogP contribution in [0.25, 0.3) is 0 Å². The number of carbonyl (C=O) groups excluding carboxylic acids is 2. The first-order valence-electron chi connectivity index (χ1n) is 7.17. The van der Waals surface area contributed by atoms with Crippen molar-refractivity contribution in [2.45, 2.75) is 33.6 Å². The number of halogens is 1. The number of esters is 1. The molecule has 1 aliphatic heterocycles. The maximum absolute atomic E-state index is 12.3. The fourth-order valence-electron chi connectivity index (χ4n) is 2.32. The molecule has 0 aliphatic carbocycles. The van der Waals surface area contributed by atoms with Gasteiger partial charge in [0.1, 0.15) is 6.54 Å². The fourth-order valence-corrected chi connectivity index (χ4v) is 2.32. The van der Waals surface area contributed by atoms with Gasteiger partial charge in [0.05, 0.1) is 6.61 Å². The summed E-state index contributed by atoms with van der Waals surface area (Å²) in [7, 11) is 0. The molecule has 1 saturated heterocycles. The second-order valence-corrected chi connectivity index (χ2v) is 5.54. The molecule has 1 unspecified atom stereocenters. The van der Waals surface area contributed by atoms with Gasteiger partial charge in [-0.2, -0.15) is 0 Å². The van der Waals surface area contributed by atoms with E-state index in [4.69, 9.17) is 4.74 Å². The van der Waals surface area contributed by atoms with Gasteiger partial charge in [0, 0.05) is 13.0 Å². The highest BCUT2D eigenvalue weighted by molar-refractivity contribution is 5.85. The maximum atomic E-state index is 12.3. The molecule has 1 N–H and O–H groups in total. The molecular formula is C14H27ClN2O3. The number of hydrogen-bond acceptors (Lipinski definition) is 4. The van der Waals surface area contributed by atoms with Crippen molar-refractivity contribution in [3.8, 4) is 0 Å². The van der Waals surface area contributed by atoms with Crippen molar-refractivity contribution in [2.24, 2.45) is 11.8 Å².